The molecule has 0 saturated heterocycles. The van der Waals surface area contributed by atoms with Crippen molar-refractivity contribution in [2.24, 2.45) is 5.10 Å². The van der Waals surface area contributed by atoms with Gasteiger partial charge in [-0.2, -0.15) is 5.10 Å². The van der Waals surface area contributed by atoms with Crippen LogP contribution in [0, 0.1) is 5.82 Å². The van der Waals surface area contributed by atoms with Gasteiger partial charge in [0.25, 0.3) is 0 Å². The number of phenols is 1. The second kappa shape index (κ2) is 7.43. The molecule has 3 rings (SSSR count). The molecule has 0 aliphatic rings. The Hall–Kier alpha value is -3.74. The highest BCUT2D eigenvalue weighted by Crippen LogP contribution is 2.25. The number of fused-ring (bicyclic) bond motifs is 1. The van der Waals surface area contributed by atoms with E-state index in [-0.39, 0.29) is 11.4 Å². The lowest BCUT2D eigenvalue weighted by atomic mass is 10.0. The highest BCUT2D eigenvalue weighted by atomic mass is 19.1. The molecule has 3 aromatic carbocycles. The number of rotatable bonds is 3. The van der Waals surface area contributed by atoms with Crippen LogP contribution in [0.1, 0.15) is 5.56 Å². The number of benzene rings is 3. The van der Waals surface area contributed by atoms with Crippen molar-refractivity contribution in [2.45, 2.75) is 0 Å². The van der Waals surface area contributed by atoms with Crippen LogP contribution in [0.4, 0.5) is 10.1 Å². The van der Waals surface area contributed by atoms with Crippen LogP contribution >= 0.6 is 0 Å². The number of anilines is 1. The molecule has 0 heterocycles. The van der Waals surface area contributed by atoms with Crippen LogP contribution in [-0.4, -0.2) is 23.1 Å². The first kappa shape index (κ1) is 17.1. The van der Waals surface area contributed by atoms with Gasteiger partial charge in [0.1, 0.15) is 11.6 Å². The van der Waals surface area contributed by atoms with E-state index >= 15 is 0 Å². The Kier molecular flexibility index (Phi) is 4.89. The SMILES string of the molecule is O=C(NN=Cc1c(O)ccc2ccccc12)C(=O)Nc1ccc(F)cc1. The van der Waals surface area contributed by atoms with Crippen molar-refractivity contribution >= 4 is 34.5 Å². The minimum atomic E-state index is -0.995. The number of halogens is 1. The average Bonchev–Trinajstić information content (AvgIpc) is 2.65. The molecule has 7 heteroatoms. The van der Waals surface area contributed by atoms with Gasteiger partial charge in [0.15, 0.2) is 0 Å². The van der Waals surface area contributed by atoms with Gasteiger partial charge < -0.3 is 10.4 Å². The maximum Gasteiger partial charge on any atom is 0.329 e. The normalized spacial score (nSPS) is 10.8. The molecule has 0 atom stereocenters. The van der Waals surface area contributed by atoms with Crippen molar-refractivity contribution in [2.75, 3.05) is 5.32 Å². The number of nitrogens with one attached hydrogen (secondary N) is 2. The predicted molar refractivity (Wildman–Crippen MR) is 96.4 cm³/mol. The first-order valence-electron chi connectivity index (χ1n) is 7.65. The van der Waals surface area contributed by atoms with Crippen molar-refractivity contribution in [1.82, 2.24) is 5.43 Å². The molecular weight excluding hydrogens is 337 g/mol. The maximum atomic E-state index is 12.8. The molecular formula is C19H14FN3O3. The fraction of sp³-hybridized carbons (Fsp3) is 0. The number of hydrogen-bond acceptors (Lipinski definition) is 4. The van der Waals surface area contributed by atoms with Crippen LogP contribution in [0.25, 0.3) is 10.8 Å². The van der Waals surface area contributed by atoms with Gasteiger partial charge in [0.05, 0.1) is 6.21 Å². The van der Waals surface area contributed by atoms with Crippen LogP contribution in [0.5, 0.6) is 5.75 Å². The Labute approximate surface area is 148 Å². The minimum absolute atomic E-state index is 0.00235. The van der Waals surface area contributed by atoms with E-state index in [0.717, 1.165) is 22.9 Å². The van der Waals surface area contributed by atoms with Crippen LogP contribution in [0.2, 0.25) is 0 Å². The summed E-state index contributed by atoms with van der Waals surface area (Å²) in [6.45, 7) is 0. The molecule has 0 radical (unpaired) electrons. The molecule has 3 aromatic rings. The van der Waals surface area contributed by atoms with Crippen LogP contribution in [0.15, 0.2) is 65.8 Å². The fourth-order valence-corrected chi connectivity index (χ4v) is 2.35. The monoisotopic (exact) mass is 351 g/mol. The van der Waals surface area contributed by atoms with E-state index in [1.807, 2.05) is 18.2 Å². The van der Waals surface area contributed by atoms with Crippen molar-refractivity contribution in [1.29, 1.82) is 0 Å². The third kappa shape index (κ3) is 3.84. The quantitative estimate of drug-likeness (QED) is 0.385. The molecule has 0 unspecified atom stereocenters. The van der Waals surface area contributed by atoms with Crippen molar-refractivity contribution in [3.05, 3.63) is 72.0 Å². The van der Waals surface area contributed by atoms with E-state index < -0.39 is 17.6 Å². The lowest BCUT2D eigenvalue weighted by molar-refractivity contribution is -0.136. The summed E-state index contributed by atoms with van der Waals surface area (Å²) in [5.41, 5.74) is 2.79. The Morgan fingerprint density at radius 2 is 1.69 bits per heavy atom. The topological polar surface area (TPSA) is 90.8 Å². The van der Waals surface area contributed by atoms with E-state index in [9.17, 15) is 19.1 Å². The van der Waals surface area contributed by atoms with Gasteiger partial charge in [-0.05, 0) is 41.1 Å². The smallest absolute Gasteiger partial charge is 0.329 e. The second-order valence-electron chi connectivity index (χ2n) is 5.38. The summed E-state index contributed by atoms with van der Waals surface area (Å²) in [6.07, 6.45) is 1.26. The summed E-state index contributed by atoms with van der Waals surface area (Å²) in [7, 11) is 0. The molecule has 6 nitrogen and oxygen atoms in total. The summed E-state index contributed by atoms with van der Waals surface area (Å²) in [5.74, 6) is -2.40. The van der Waals surface area contributed by atoms with Gasteiger partial charge in [-0.15, -0.1) is 0 Å². The van der Waals surface area contributed by atoms with Crippen LogP contribution in [-0.2, 0) is 9.59 Å². The Morgan fingerprint density at radius 3 is 2.46 bits per heavy atom. The molecule has 0 aromatic heterocycles. The molecule has 0 aliphatic carbocycles. The summed E-state index contributed by atoms with van der Waals surface area (Å²) in [4.78, 5) is 23.6. The second-order valence-corrected chi connectivity index (χ2v) is 5.38. The zero-order valence-electron chi connectivity index (χ0n) is 13.4. The van der Waals surface area contributed by atoms with E-state index in [1.165, 1.54) is 24.4 Å². The van der Waals surface area contributed by atoms with Gasteiger partial charge in [-0.3, -0.25) is 9.59 Å². The predicted octanol–water partition coefficient (Wildman–Crippen LogP) is 2.77. The maximum absolute atomic E-state index is 12.8. The molecule has 3 N–H and O–H groups in total. The first-order chi connectivity index (χ1) is 12.5. The van der Waals surface area contributed by atoms with Crippen molar-refractivity contribution in [3.63, 3.8) is 0 Å². The zero-order valence-corrected chi connectivity index (χ0v) is 13.4. The summed E-state index contributed by atoms with van der Waals surface area (Å²) in [6, 6.07) is 15.6. The Morgan fingerprint density at radius 1 is 0.962 bits per heavy atom. The van der Waals surface area contributed by atoms with Crippen molar-refractivity contribution in [3.8, 4) is 5.75 Å². The number of phenolic OH excluding ortho intramolecular Hbond substituents is 1. The van der Waals surface area contributed by atoms with Gasteiger partial charge >= 0.3 is 11.8 Å². The molecule has 130 valence electrons. The largest absolute Gasteiger partial charge is 0.507 e. The van der Waals surface area contributed by atoms with Crippen molar-refractivity contribution < 1.29 is 19.1 Å². The summed E-state index contributed by atoms with van der Waals surface area (Å²) in [5, 5.41) is 17.7. The van der Waals surface area contributed by atoms with E-state index in [0.29, 0.717) is 5.56 Å². The highest BCUT2D eigenvalue weighted by Gasteiger charge is 2.13. The average molecular weight is 351 g/mol. The number of amides is 2. The number of carbonyl (C=O) groups excluding carboxylic acids is 2. The van der Waals surface area contributed by atoms with Crippen LogP contribution in [0.3, 0.4) is 0 Å². The lowest BCUT2D eigenvalue weighted by Crippen LogP contribution is -2.32. The van der Waals surface area contributed by atoms with E-state index in [1.54, 1.807) is 12.1 Å². The molecule has 26 heavy (non-hydrogen) atoms. The first-order valence-corrected chi connectivity index (χ1v) is 7.65. The molecule has 0 spiro atoms. The molecule has 0 aliphatic heterocycles. The molecule has 2 amide bonds. The van der Waals surface area contributed by atoms with Gasteiger partial charge in [-0.25, -0.2) is 9.82 Å². The van der Waals surface area contributed by atoms with Gasteiger partial charge in [0, 0.05) is 11.3 Å². The number of carbonyl (C=O) groups is 2. The number of hydrazone groups is 1. The van der Waals surface area contributed by atoms with Crippen LogP contribution < -0.4 is 10.7 Å². The van der Waals surface area contributed by atoms with E-state index in [4.69, 9.17) is 0 Å². The van der Waals surface area contributed by atoms with Gasteiger partial charge in [-0.1, -0.05) is 30.3 Å². The van der Waals surface area contributed by atoms with Gasteiger partial charge in [0.2, 0.25) is 0 Å². The molecule has 0 saturated carbocycles. The standard InChI is InChI=1S/C19H14FN3O3/c20-13-6-8-14(9-7-13)22-18(25)19(26)23-21-11-16-15-4-2-1-3-12(15)5-10-17(16)24/h1-11,24H,(H,22,25)(H,23,26). The lowest BCUT2D eigenvalue weighted by Gasteiger charge is -2.05. The fourth-order valence-electron chi connectivity index (χ4n) is 2.35. The molecule has 0 fully saturated rings. The number of hydrogen-bond donors (Lipinski definition) is 3. The third-order valence-corrected chi connectivity index (χ3v) is 3.62. The van der Waals surface area contributed by atoms with E-state index in [2.05, 4.69) is 15.8 Å². The molecule has 0 bridgehead atoms. The third-order valence-electron chi connectivity index (χ3n) is 3.62. The zero-order chi connectivity index (χ0) is 18.5. The Balaban J connectivity index is 1.68. The highest BCUT2D eigenvalue weighted by molar-refractivity contribution is 6.39. The number of aromatic hydroxyl groups is 1. The summed E-state index contributed by atoms with van der Waals surface area (Å²) < 4.78 is 12.8. The Bertz CT molecular complexity index is 1000. The number of nitrogens with zero attached hydrogens (tertiary/aromatic N) is 1. The minimum Gasteiger partial charge on any atom is -0.507 e. The summed E-state index contributed by atoms with van der Waals surface area (Å²) >= 11 is 0.